The number of hydrogen-bond donors (Lipinski definition) is 1. The highest BCUT2D eigenvalue weighted by Gasteiger charge is 2.47. The van der Waals surface area contributed by atoms with Gasteiger partial charge in [0.25, 0.3) is 0 Å². The number of sulfonamides is 1. The Bertz CT molecular complexity index is 959. The van der Waals surface area contributed by atoms with E-state index < -0.39 is 27.8 Å². The largest absolute Gasteiger partial charge is 0.489 e. The van der Waals surface area contributed by atoms with Crippen LogP contribution >= 0.6 is 0 Å². The topological polar surface area (TPSA) is 76.1 Å². The molecule has 30 heavy (non-hydrogen) atoms. The fourth-order valence-electron chi connectivity index (χ4n) is 3.71. The van der Waals surface area contributed by atoms with E-state index in [4.69, 9.17) is 9.47 Å². The first-order valence-corrected chi connectivity index (χ1v) is 12.1. The van der Waals surface area contributed by atoms with Gasteiger partial charge in [-0.1, -0.05) is 43.7 Å². The van der Waals surface area contributed by atoms with Gasteiger partial charge in [-0.25, -0.2) is 8.42 Å². The number of benzene rings is 2. The Balaban J connectivity index is 1.98. The number of unbranched alkanes of at least 4 members (excludes halogenated alkanes) is 1. The van der Waals surface area contributed by atoms with Crippen LogP contribution in [0, 0.1) is 0 Å². The van der Waals surface area contributed by atoms with Gasteiger partial charge in [0.05, 0.1) is 12.3 Å². The quantitative estimate of drug-likeness (QED) is 0.683. The van der Waals surface area contributed by atoms with Gasteiger partial charge in [0.15, 0.2) is 0 Å². The summed E-state index contributed by atoms with van der Waals surface area (Å²) in [6, 6.07) is 14.4. The molecule has 0 saturated carbocycles. The predicted molar refractivity (Wildman–Crippen MR) is 117 cm³/mol. The van der Waals surface area contributed by atoms with Gasteiger partial charge in [0.2, 0.25) is 10.0 Å². The summed E-state index contributed by atoms with van der Waals surface area (Å²) in [5, 5.41) is 11.1. The van der Waals surface area contributed by atoms with Crippen molar-refractivity contribution in [2.24, 2.45) is 0 Å². The smallest absolute Gasteiger partial charge is 0.211 e. The number of aliphatic hydroxyl groups excluding tert-OH is 1. The first kappa shape index (κ1) is 22.6. The zero-order chi connectivity index (χ0) is 21.9. The van der Waals surface area contributed by atoms with Crippen molar-refractivity contribution in [3.63, 3.8) is 0 Å². The molecule has 0 saturated heterocycles. The molecule has 164 valence electrons. The number of rotatable bonds is 8. The molecule has 0 aromatic heterocycles. The summed E-state index contributed by atoms with van der Waals surface area (Å²) in [4.78, 5) is 0. The van der Waals surface area contributed by atoms with Crippen LogP contribution in [0.15, 0.2) is 48.5 Å². The summed E-state index contributed by atoms with van der Waals surface area (Å²) >= 11 is 0. The van der Waals surface area contributed by atoms with Crippen LogP contribution in [0.1, 0.15) is 50.8 Å². The lowest BCUT2D eigenvalue weighted by molar-refractivity contribution is -0.0792. The maximum absolute atomic E-state index is 12.6. The average Bonchev–Trinajstić information content (AvgIpc) is 2.69. The molecule has 0 aliphatic carbocycles. The van der Waals surface area contributed by atoms with Crippen molar-refractivity contribution in [2.45, 2.75) is 58.0 Å². The second-order valence-electron chi connectivity index (χ2n) is 8.30. The van der Waals surface area contributed by atoms with Gasteiger partial charge in [0.1, 0.15) is 29.8 Å². The Hall–Kier alpha value is -2.09. The molecule has 2 aromatic rings. The molecule has 2 aromatic carbocycles. The molecule has 1 aliphatic heterocycles. The van der Waals surface area contributed by atoms with Gasteiger partial charge in [-0.3, -0.25) is 0 Å². The molecule has 1 heterocycles. The highest BCUT2D eigenvalue weighted by Crippen LogP contribution is 2.45. The lowest BCUT2D eigenvalue weighted by atomic mass is 9.86. The molecule has 2 atom stereocenters. The van der Waals surface area contributed by atoms with E-state index in [0.29, 0.717) is 36.6 Å². The number of fused-ring (bicyclic) bond motifs is 1. The van der Waals surface area contributed by atoms with Crippen molar-refractivity contribution < 1.29 is 23.0 Å². The third kappa shape index (κ3) is 4.96. The maximum Gasteiger partial charge on any atom is 0.211 e. The van der Waals surface area contributed by atoms with Crippen LogP contribution in [0.5, 0.6) is 11.5 Å². The fourth-order valence-corrected chi connectivity index (χ4v) is 4.82. The standard InChI is InChI=1S/C23H31NO5S/c1-5-6-14-24(30(4,26)27)21-19-15-18(28-16-17-10-8-7-9-11-17)12-13-20(19)29-23(2,3)22(21)25/h7-13,15,21-22,25H,5-6,14,16H2,1-4H3/t21-,22+/m0/s1. The number of hydrogen-bond acceptors (Lipinski definition) is 5. The van der Waals surface area contributed by atoms with Crippen molar-refractivity contribution in [3.8, 4) is 11.5 Å². The van der Waals surface area contributed by atoms with E-state index in [9.17, 15) is 13.5 Å². The molecule has 0 bridgehead atoms. The van der Waals surface area contributed by atoms with E-state index in [2.05, 4.69) is 0 Å². The van der Waals surface area contributed by atoms with E-state index in [1.807, 2.05) is 43.3 Å². The van der Waals surface area contributed by atoms with Gasteiger partial charge in [-0.05, 0) is 44.0 Å². The van der Waals surface area contributed by atoms with E-state index >= 15 is 0 Å². The van der Waals surface area contributed by atoms with Crippen LogP contribution in [-0.2, 0) is 16.6 Å². The Morgan fingerprint density at radius 3 is 2.50 bits per heavy atom. The van der Waals surface area contributed by atoms with Crippen LogP contribution in [0.3, 0.4) is 0 Å². The van der Waals surface area contributed by atoms with Crippen molar-refractivity contribution in [1.29, 1.82) is 0 Å². The minimum atomic E-state index is -3.55. The highest BCUT2D eigenvalue weighted by atomic mass is 32.2. The van der Waals surface area contributed by atoms with Crippen molar-refractivity contribution in [1.82, 2.24) is 4.31 Å². The SMILES string of the molecule is CCCCN([C@H]1c2cc(OCc3ccccc3)ccc2OC(C)(C)[C@@H]1O)S(C)(=O)=O. The van der Waals surface area contributed by atoms with Gasteiger partial charge in [-0.15, -0.1) is 0 Å². The summed E-state index contributed by atoms with van der Waals surface area (Å²) in [6.07, 6.45) is 1.72. The molecule has 0 radical (unpaired) electrons. The molecule has 7 heteroatoms. The number of nitrogens with zero attached hydrogens (tertiary/aromatic N) is 1. The summed E-state index contributed by atoms with van der Waals surface area (Å²) in [5.74, 6) is 1.16. The van der Waals surface area contributed by atoms with Gasteiger partial charge < -0.3 is 14.6 Å². The predicted octanol–water partition coefficient (Wildman–Crippen LogP) is 3.90. The van der Waals surface area contributed by atoms with Gasteiger partial charge in [-0.2, -0.15) is 4.31 Å². The van der Waals surface area contributed by atoms with Crippen molar-refractivity contribution in [3.05, 3.63) is 59.7 Å². The molecule has 1 aliphatic rings. The molecule has 3 rings (SSSR count). The summed E-state index contributed by atoms with van der Waals surface area (Å²) < 4.78 is 38.6. The maximum atomic E-state index is 12.6. The van der Waals surface area contributed by atoms with E-state index in [1.165, 1.54) is 10.6 Å². The first-order valence-electron chi connectivity index (χ1n) is 10.3. The molecular weight excluding hydrogens is 402 g/mol. The monoisotopic (exact) mass is 433 g/mol. The Morgan fingerprint density at radius 2 is 1.87 bits per heavy atom. The van der Waals surface area contributed by atoms with Crippen LogP contribution in [-0.4, -0.2) is 42.3 Å². The summed E-state index contributed by atoms with van der Waals surface area (Å²) in [7, 11) is -3.55. The zero-order valence-corrected chi connectivity index (χ0v) is 18.9. The molecule has 0 unspecified atom stereocenters. The highest BCUT2D eigenvalue weighted by molar-refractivity contribution is 7.88. The Labute approximate surface area is 179 Å². The molecule has 1 N–H and O–H groups in total. The number of ether oxygens (including phenoxy) is 2. The minimum Gasteiger partial charge on any atom is -0.489 e. The van der Waals surface area contributed by atoms with E-state index in [0.717, 1.165) is 12.0 Å². The third-order valence-electron chi connectivity index (χ3n) is 5.40. The first-order chi connectivity index (χ1) is 14.1. The normalized spacial score (nSPS) is 20.5. The van der Waals surface area contributed by atoms with Crippen molar-refractivity contribution in [2.75, 3.05) is 12.8 Å². The van der Waals surface area contributed by atoms with Crippen LogP contribution in [0.4, 0.5) is 0 Å². The van der Waals surface area contributed by atoms with E-state index in [-0.39, 0.29) is 0 Å². The Morgan fingerprint density at radius 1 is 1.17 bits per heavy atom. The van der Waals surface area contributed by atoms with Crippen LogP contribution < -0.4 is 9.47 Å². The van der Waals surface area contributed by atoms with Crippen LogP contribution in [0.25, 0.3) is 0 Å². The van der Waals surface area contributed by atoms with Gasteiger partial charge >= 0.3 is 0 Å². The molecule has 0 spiro atoms. The number of aliphatic hydroxyl groups is 1. The molecule has 0 fully saturated rings. The van der Waals surface area contributed by atoms with Crippen molar-refractivity contribution >= 4 is 10.0 Å². The molecule has 6 nitrogen and oxygen atoms in total. The molecule has 0 amide bonds. The Kier molecular flexibility index (Phi) is 6.75. The average molecular weight is 434 g/mol. The second-order valence-corrected chi connectivity index (χ2v) is 10.2. The minimum absolute atomic E-state index is 0.335. The van der Waals surface area contributed by atoms with Gasteiger partial charge in [0, 0.05) is 12.1 Å². The summed E-state index contributed by atoms with van der Waals surface area (Å²) in [5.41, 5.74) is 0.720. The van der Waals surface area contributed by atoms with E-state index in [1.54, 1.807) is 26.0 Å². The second kappa shape index (κ2) is 8.96. The lowest BCUT2D eigenvalue weighted by Gasteiger charge is -2.45. The fraction of sp³-hybridized carbons (Fsp3) is 0.478. The summed E-state index contributed by atoms with van der Waals surface area (Å²) in [6.45, 7) is 6.28. The molecular formula is C23H31NO5S. The van der Waals surface area contributed by atoms with Crippen LogP contribution in [0.2, 0.25) is 0 Å². The zero-order valence-electron chi connectivity index (χ0n) is 18.0. The lowest BCUT2D eigenvalue weighted by Crippen LogP contribution is -2.54. The third-order valence-corrected chi connectivity index (χ3v) is 6.66.